The Morgan fingerprint density at radius 1 is 1.33 bits per heavy atom. The average molecular weight is 164 g/mol. The Labute approximate surface area is 73.8 Å². The highest BCUT2D eigenvalue weighted by atomic mass is 14.6. The molecule has 0 aliphatic rings. The van der Waals surface area contributed by atoms with Gasteiger partial charge in [0.2, 0.25) is 0 Å². The predicted octanol–water partition coefficient (Wildman–Crippen LogP) is 1.61. The maximum Gasteiger partial charge on any atom is 0.0270 e. The van der Waals surface area contributed by atoms with E-state index in [1.165, 1.54) is 5.56 Å². The van der Waals surface area contributed by atoms with Crippen LogP contribution in [0.3, 0.4) is 0 Å². The van der Waals surface area contributed by atoms with Gasteiger partial charge in [0.25, 0.3) is 0 Å². The van der Waals surface area contributed by atoms with E-state index >= 15 is 0 Å². The zero-order valence-corrected chi connectivity index (χ0v) is 7.70. The molecule has 0 aliphatic carbocycles. The Morgan fingerprint density at radius 2 is 1.92 bits per heavy atom. The lowest BCUT2D eigenvalue weighted by molar-refractivity contribution is 0.490. The van der Waals surface area contributed by atoms with Crippen molar-refractivity contribution in [3.63, 3.8) is 0 Å². The largest absolute Gasteiger partial charge is 0.327 e. The minimum absolute atomic E-state index is 0.257. The molecule has 0 fully saturated rings. The number of hydrogen-bond acceptors (Lipinski definition) is 2. The van der Waals surface area contributed by atoms with Crippen molar-refractivity contribution in [3.8, 4) is 0 Å². The second-order valence-electron chi connectivity index (χ2n) is 3.47. The molecule has 1 unspecified atom stereocenters. The molecule has 0 aliphatic heterocycles. The van der Waals surface area contributed by atoms with Crippen LogP contribution in [0.4, 0.5) is 0 Å². The van der Waals surface area contributed by atoms with E-state index < -0.39 is 0 Å². The summed E-state index contributed by atoms with van der Waals surface area (Å²) in [5, 5.41) is 0. The summed E-state index contributed by atoms with van der Waals surface area (Å²) in [5.74, 6) is 0.540. The van der Waals surface area contributed by atoms with Gasteiger partial charge >= 0.3 is 0 Å². The van der Waals surface area contributed by atoms with Gasteiger partial charge in [-0.3, -0.25) is 4.98 Å². The highest BCUT2D eigenvalue weighted by molar-refractivity contribution is 5.11. The normalized spacial score (nSPS) is 13.3. The lowest BCUT2D eigenvalue weighted by atomic mass is 9.98. The van der Waals surface area contributed by atoms with Crippen molar-refractivity contribution in [1.82, 2.24) is 4.98 Å². The van der Waals surface area contributed by atoms with Crippen molar-refractivity contribution in [2.75, 3.05) is 0 Å². The summed E-state index contributed by atoms with van der Waals surface area (Å²) in [7, 11) is 0. The molecule has 12 heavy (non-hydrogen) atoms. The average Bonchev–Trinajstić information content (AvgIpc) is 2.06. The van der Waals surface area contributed by atoms with Crippen molar-refractivity contribution >= 4 is 0 Å². The third-order valence-electron chi connectivity index (χ3n) is 2.08. The number of nitrogens with two attached hydrogens (primary N) is 1. The van der Waals surface area contributed by atoms with Crippen LogP contribution in [0.25, 0.3) is 0 Å². The Kier molecular flexibility index (Phi) is 3.23. The van der Waals surface area contributed by atoms with Gasteiger partial charge in [-0.25, -0.2) is 0 Å². The molecule has 2 nitrogen and oxygen atoms in total. The van der Waals surface area contributed by atoms with E-state index in [1.807, 2.05) is 24.5 Å². The summed E-state index contributed by atoms with van der Waals surface area (Å²) in [5.41, 5.74) is 7.20. The van der Waals surface area contributed by atoms with Crippen molar-refractivity contribution in [1.29, 1.82) is 0 Å². The van der Waals surface area contributed by atoms with Crippen molar-refractivity contribution in [2.24, 2.45) is 11.7 Å². The lowest BCUT2D eigenvalue weighted by Crippen LogP contribution is -2.28. The zero-order chi connectivity index (χ0) is 8.97. The monoisotopic (exact) mass is 164 g/mol. The van der Waals surface area contributed by atoms with Crippen LogP contribution >= 0.6 is 0 Å². The van der Waals surface area contributed by atoms with Crippen LogP contribution in [-0.4, -0.2) is 11.0 Å². The van der Waals surface area contributed by atoms with E-state index in [1.54, 1.807) is 0 Å². The fourth-order valence-corrected chi connectivity index (χ4v) is 1.03. The summed E-state index contributed by atoms with van der Waals surface area (Å²) in [6, 6.07) is 4.29. The van der Waals surface area contributed by atoms with Gasteiger partial charge in [-0.1, -0.05) is 13.8 Å². The summed E-state index contributed by atoms with van der Waals surface area (Å²) in [6.07, 6.45) is 4.56. The van der Waals surface area contributed by atoms with Crippen LogP contribution < -0.4 is 5.73 Å². The first-order valence-corrected chi connectivity index (χ1v) is 4.34. The van der Waals surface area contributed by atoms with E-state index in [0.717, 1.165) is 6.42 Å². The van der Waals surface area contributed by atoms with E-state index in [0.29, 0.717) is 5.92 Å². The molecule has 66 valence electrons. The Hall–Kier alpha value is -0.890. The molecule has 0 aromatic carbocycles. The molecule has 1 rings (SSSR count). The molecule has 1 atom stereocenters. The van der Waals surface area contributed by atoms with Crippen molar-refractivity contribution in [3.05, 3.63) is 30.1 Å². The molecule has 0 bridgehead atoms. The molecule has 2 heteroatoms. The third-order valence-corrected chi connectivity index (χ3v) is 2.08. The van der Waals surface area contributed by atoms with Gasteiger partial charge < -0.3 is 5.73 Å². The maximum absolute atomic E-state index is 5.93. The van der Waals surface area contributed by atoms with Gasteiger partial charge in [-0.2, -0.15) is 0 Å². The molecule has 0 amide bonds. The molecule has 0 spiro atoms. The van der Waals surface area contributed by atoms with E-state index in [9.17, 15) is 0 Å². The van der Waals surface area contributed by atoms with Crippen LogP contribution in [-0.2, 0) is 6.42 Å². The molecule has 2 N–H and O–H groups in total. The quantitative estimate of drug-likeness (QED) is 0.737. The summed E-state index contributed by atoms with van der Waals surface area (Å²) < 4.78 is 0. The highest BCUT2D eigenvalue weighted by Gasteiger charge is 2.07. The second kappa shape index (κ2) is 4.21. The van der Waals surface area contributed by atoms with Crippen molar-refractivity contribution < 1.29 is 0 Å². The minimum atomic E-state index is 0.257. The summed E-state index contributed by atoms with van der Waals surface area (Å²) in [4.78, 5) is 3.96. The van der Waals surface area contributed by atoms with Crippen LogP contribution in [0.1, 0.15) is 19.4 Å². The first-order chi connectivity index (χ1) is 5.70. The Bertz CT molecular complexity index is 219. The lowest BCUT2D eigenvalue weighted by Gasteiger charge is -2.14. The third kappa shape index (κ3) is 2.62. The smallest absolute Gasteiger partial charge is 0.0270 e. The fraction of sp³-hybridized carbons (Fsp3) is 0.500. The maximum atomic E-state index is 5.93. The van der Waals surface area contributed by atoms with Gasteiger partial charge in [0, 0.05) is 18.4 Å². The molecule has 0 saturated carbocycles. The molecule has 1 aromatic rings. The SMILES string of the molecule is CC(C)C(N)Cc1ccncc1. The molecule has 1 aromatic heterocycles. The molecule has 0 radical (unpaired) electrons. The van der Waals surface area contributed by atoms with Gasteiger partial charge in [0.1, 0.15) is 0 Å². The van der Waals surface area contributed by atoms with Gasteiger partial charge in [0.15, 0.2) is 0 Å². The summed E-state index contributed by atoms with van der Waals surface area (Å²) >= 11 is 0. The molecule has 1 heterocycles. The van der Waals surface area contributed by atoms with Gasteiger partial charge in [-0.05, 0) is 30.0 Å². The van der Waals surface area contributed by atoms with Gasteiger partial charge in [0.05, 0.1) is 0 Å². The van der Waals surface area contributed by atoms with Crippen LogP contribution in [0, 0.1) is 5.92 Å². The number of rotatable bonds is 3. The zero-order valence-electron chi connectivity index (χ0n) is 7.70. The van der Waals surface area contributed by atoms with Crippen LogP contribution in [0.15, 0.2) is 24.5 Å². The van der Waals surface area contributed by atoms with E-state index in [4.69, 9.17) is 5.73 Å². The van der Waals surface area contributed by atoms with E-state index in [-0.39, 0.29) is 6.04 Å². The number of nitrogens with zero attached hydrogens (tertiary/aromatic N) is 1. The predicted molar refractivity (Wildman–Crippen MR) is 50.8 cm³/mol. The van der Waals surface area contributed by atoms with Crippen LogP contribution in [0.5, 0.6) is 0 Å². The summed E-state index contributed by atoms with van der Waals surface area (Å²) in [6.45, 7) is 4.29. The highest BCUT2D eigenvalue weighted by Crippen LogP contribution is 2.06. The van der Waals surface area contributed by atoms with Crippen LogP contribution in [0.2, 0.25) is 0 Å². The van der Waals surface area contributed by atoms with Crippen molar-refractivity contribution in [2.45, 2.75) is 26.3 Å². The van der Waals surface area contributed by atoms with Gasteiger partial charge in [-0.15, -0.1) is 0 Å². The first kappa shape index (κ1) is 9.20. The number of pyridine rings is 1. The number of hydrogen-bond donors (Lipinski definition) is 1. The molecule has 0 saturated heterocycles. The standard InChI is InChI=1S/C10H16N2/c1-8(2)10(11)7-9-3-5-12-6-4-9/h3-6,8,10H,7,11H2,1-2H3. The second-order valence-corrected chi connectivity index (χ2v) is 3.47. The molecular weight excluding hydrogens is 148 g/mol. The van der Waals surface area contributed by atoms with E-state index in [2.05, 4.69) is 18.8 Å². The minimum Gasteiger partial charge on any atom is -0.327 e. The number of aromatic nitrogens is 1. The Balaban J connectivity index is 2.53. The first-order valence-electron chi connectivity index (χ1n) is 4.34. The Morgan fingerprint density at radius 3 is 2.42 bits per heavy atom. The molecular formula is C10H16N2. The fourth-order valence-electron chi connectivity index (χ4n) is 1.03. The topological polar surface area (TPSA) is 38.9 Å².